The van der Waals surface area contributed by atoms with Crippen LogP contribution in [0, 0.1) is 24.0 Å². The SMILES string of the molecule is CCN(CCC(=O)O)C(=O)c1cc([N+](=O)[O-])c(C)cc1C. The molecule has 0 unspecified atom stereocenters. The van der Waals surface area contributed by atoms with Gasteiger partial charge in [0.05, 0.1) is 11.3 Å². The summed E-state index contributed by atoms with van der Waals surface area (Å²) in [5.41, 5.74) is 1.25. The van der Waals surface area contributed by atoms with Crippen molar-refractivity contribution < 1.29 is 19.6 Å². The number of aryl methyl sites for hydroxylation is 2. The molecule has 0 saturated heterocycles. The highest BCUT2D eigenvalue weighted by molar-refractivity contribution is 5.96. The quantitative estimate of drug-likeness (QED) is 0.640. The lowest BCUT2D eigenvalue weighted by Gasteiger charge is -2.21. The maximum absolute atomic E-state index is 12.4. The number of carbonyl (C=O) groups excluding carboxylic acids is 1. The van der Waals surface area contributed by atoms with Crippen LogP contribution >= 0.6 is 0 Å². The van der Waals surface area contributed by atoms with Crippen molar-refractivity contribution in [3.63, 3.8) is 0 Å². The van der Waals surface area contributed by atoms with E-state index in [2.05, 4.69) is 0 Å². The van der Waals surface area contributed by atoms with E-state index >= 15 is 0 Å². The van der Waals surface area contributed by atoms with Crippen molar-refractivity contribution in [2.45, 2.75) is 27.2 Å². The number of carboxylic acids is 1. The van der Waals surface area contributed by atoms with Crippen LogP contribution in [-0.2, 0) is 4.79 Å². The van der Waals surface area contributed by atoms with E-state index in [1.54, 1.807) is 26.8 Å². The first-order valence-corrected chi connectivity index (χ1v) is 6.54. The van der Waals surface area contributed by atoms with Crippen LogP contribution in [0.4, 0.5) is 5.69 Å². The van der Waals surface area contributed by atoms with E-state index in [0.717, 1.165) is 0 Å². The number of hydrogen-bond donors (Lipinski definition) is 1. The van der Waals surface area contributed by atoms with Crippen LogP contribution in [0.3, 0.4) is 0 Å². The summed E-state index contributed by atoms with van der Waals surface area (Å²) in [4.78, 5) is 34.8. The first-order chi connectivity index (χ1) is 9.77. The molecule has 1 aromatic carbocycles. The molecule has 1 aromatic rings. The molecule has 0 heterocycles. The molecule has 0 saturated carbocycles. The molecule has 0 bridgehead atoms. The van der Waals surface area contributed by atoms with Crippen molar-refractivity contribution in [1.29, 1.82) is 0 Å². The summed E-state index contributed by atoms with van der Waals surface area (Å²) >= 11 is 0. The average molecular weight is 294 g/mol. The van der Waals surface area contributed by atoms with E-state index in [0.29, 0.717) is 17.7 Å². The Hall–Kier alpha value is -2.44. The van der Waals surface area contributed by atoms with Crippen molar-refractivity contribution in [1.82, 2.24) is 4.90 Å². The molecular weight excluding hydrogens is 276 g/mol. The third-order valence-electron chi connectivity index (χ3n) is 3.23. The van der Waals surface area contributed by atoms with Gasteiger partial charge in [-0.15, -0.1) is 0 Å². The molecule has 114 valence electrons. The summed E-state index contributed by atoms with van der Waals surface area (Å²) in [6.45, 7) is 5.47. The molecule has 0 aliphatic carbocycles. The Morgan fingerprint density at radius 2 is 1.90 bits per heavy atom. The largest absolute Gasteiger partial charge is 0.481 e. The Kier molecular flexibility index (Phi) is 5.40. The van der Waals surface area contributed by atoms with Crippen molar-refractivity contribution in [3.8, 4) is 0 Å². The van der Waals surface area contributed by atoms with Gasteiger partial charge in [0, 0.05) is 30.3 Å². The predicted octanol–water partition coefficient (Wildman–Crippen LogP) is 2.15. The van der Waals surface area contributed by atoms with Gasteiger partial charge in [0.15, 0.2) is 0 Å². The molecule has 0 spiro atoms. The Morgan fingerprint density at radius 1 is 1.29 bits per heavy atom. The van der Waals surface area contributed by atoms with Crippen LogP contribution in [0.25, 0.3) is 0 Å². The monoisotopic (exact) mass is 294 g/mol. The van der Waals surface area contributed by atoms with Crippen LogP contribution in [0.15, 0.2) is 12.1 Å². The lowest BCUT2D eigenvalue weighted by Crippen LogP contribution is -2.33. The van der Waals surface area contributed by atoms with E-state index in [9.17, 15) is 19.7 Å². The van der Waals surface area contributed by atoms with Crippen molar-refractivity contribution in [2.24, 2.45) is 0 Å². The number of aliphatic carboxylic acids is 1. The second-order valence-electron chi connectivity index (χ2n) is 4.74. The smallest absolute Gasteiger partial charge is 0.305 e. The number of carbonyl (C=O) groups is 2. The highest BCUT2D eigenvalue weighted by Gasteiger charge is 2.21. The summed E-state index contributed by atoms with van der Waals surface area (Å²) < 4.78 is 0. The van der Waals surface area contributed by atoms with Crippen molar-refractivity contribution in [2.75, 3.05) is 13.1 Å². The third kappa shape index (κ3) is 4.01. The summed E-state index contributed by atoms with van der Waals surface area (Å²) in [6, 6.07) is 2.85. The van der Waals surface area contributed by atoms with E-state index in [4.69, 9.17) is 5.11 Å². The van der Waals surface area contributed by atoms with Crippen molar-refractivity contribution in [3.05, 3.63) is 38.9 Å². The van der Waals surface area contributed by atoms with Gasteiger partial charge >= 0.3 is 5.97 Å². The number of nitro benzene ring substituents is 1. The predicted molar refractivity (Wildman–Crippen MR) is 76.4 cm³/mol. The fraction of sp³-hybridized carbons (Fsp3) is 0.429. The highest BCUT2D eigenvalue weighted by Crippen LogP contribution is 2.23. The van der Waals surface area contributed by atoms with Gasteiger partial charge in [-0.1, -0.05) is 0 Å². The van der Waals surface area contributed by atoms with Gasteiger partial charge in [0.1, 0.15) is 0 Å². The minimum Gasteiger partial charge on any atom is -0.481 e. The fourth-order valence-corrected chi connectivity index (χ4v) is 2.07. The van der Waals surface area contributed by atoms with Gasteiger partial charge in [0.25, 0.3) is 11.6 Å². The second kappa shape index (κ2) is 6.83. The third-order valence-corrected chi connectivity index (χ3v) is 3.23. The minimum atomic E-state index is -0.993. The molecular formula is C14H18N2O5. The van der Waals surface area contributed by atoms with Gasteiger partial charge in [-0.2, -0.15) is 0 Å². The van der Waals surface area contributed by atoms with Gasteiger partial charge < -0.3 is 10.0 Å². The van der Waals surface area contributed by atoms with Crippen LogP contribution in [0.1, 0.15) is 34.8 Å². The summed E-state index contributed by atoms with van der Waals surface area (Å²) in [5.74, 6) is -1.38. The Bertz CT molecular complexity index is 583. The van der Waals surface area contributed by atoms with E-state index in [1.807, 2.05) is 0 Å². The van der Waals surface area contributed by atoms with Crippen LogP contribution in [-0.4, -0.2) is 39.9 Å². The molecule has 1 N–H and O–H groups in total. The zero-order chi connectivity index (χ0) is 16.2. The van der Waals surface area contributed by atoms with E-state index in [1.165, 1.54) is 11.0 Å². The molecule has 0 aliphatic rings. The molecule has 0 radical (unpaired) electrons. The number of nitro groups is 1. The molecule has 0 aromatic heterocycles. The maximum Gasteiger partial charge on any atom is 0.305 e. The van der Waals surface area contributed by atoms with Gasteiger partial charge in [-0.05, 0) is 32.4 Å². The Balaban J connectivity index is 3.13. The van der Waals surface area contributed by atoms with Gasteiger partial charge in [0.2, 0.25) is 0 Å². The first-order valence-electron chi connectivity index (χ1n) is 6.54. The first kappa shape index (κ1) is 16.6. The number of benzene rings is 1. The number of amides is 1. The molecule has 0 fully saturated rings. The van der Waals surface area contributed by atoms with Crippen LogP contribution < -0.4 is 0 Å². The number of nitrogens with zero attached hydrogens (tertiary/aromatic N) is 2. The highest BCUT2D eigenvalue weighted by atomic mass is 16.6. The average Bonchev–Trinajstić information content (AvgIpc) is 2.38. The Morgan fingerprint density at radius 3 is 2.38 bits per heavy atom. The molecule has 0 atom stereocenters. The zero-order valence-corrected chi connectivity index (χ0v) is 12.3. The minimum absolute atomic E-state index is 0.0752. The van der Waals surface area contributed by atoms with Gasteiger partial charge in [-0.3, -0.25) is 19.7 Å². The molecule has 1 amide bonds. The molecule has 21 heavy (non-hydrogen) atoms. The normalized spacial score (nSPS) is 10.2. The lowest BCUT2D eigenvalue weighted by molar-refractivity contribution is -0.385. The standard InChI is InChI=1S/C14H18N2O5/c1-4-15(6-5-13(17)18)14(19)11-8-12(16(20)21)10(3)7-9(11)2/h7-8H,4-6H2,1-3H3,(H,17,18). The van der Waals surface area contributed by atoms with Crippen molar-refractivity contribution >= 4 is 17.6 Å². The Labute approximate surface area is 122 Å². The summed E-state index contributed by atoms with van der Waals surface area (Å²) in [6.07, 6.45) is -0.160. The molecule has 7 heteroatoms. The fourth-order valence-electron chi connectivity index (χ4n) is 2.07. The maximum atomic E-state index is 12.4. The lowest BCUT2D eigenvalue weighted by atomic mass is 10.0. The number of carboxylic acid groups (broad SMARTS) is 1. The van der Waals surface area contributed by atoms with Crippen LogP contribution in [0.5, 0.6) is 0 Å². The summed E-state index contributed by atoms with van der Waals surface area (Å²) in [7, 11) is 0. The van der Waals surface area contributed by atoms with Crippen LogP contribution in [0.2, 0.25) is 0 Å². The van der Waals surface area contributed by atoms with E-state index < -0.39 is 10.9 Å². The number of rotatable bonds is 6. The summed E-state index contributed by atoms with van der Waals surface area (Å²) in [5, 5.41) is 19.7. The zero-order valence-electron chi connectivity index (χ0n) is 12.3. The van der Waals surface area contributed by atoms with E-state index in [-0.39, 0.29) is 30.1 Å². The molecule has 1 rings (SSSR count). The topological polar surface area (TPSA) is 101 Å². The second-order valence-corrected chi connectivity index (χ2v) is 4.74. The number of hydrogen-bond acceptors (Lipinski definition) is 4. The van der Waals surface area contributed by atoms with Gasteiger partial charge in [-0.25, -0.2) is 0 Å². The molecule has 0 aliphatic heterocycles. The molecule has 7 nitrogen and oxygen atoms in total.